The number of fused-ring (bicyclic) bond motifs is 1. The zero-order valence-corrected chi connectivity index (χ0v) is 19.4. The molecule has 0 spiro atoms. The van der Waals surface area contributed by atoms with Gasteiger partial charge in [0.2, 0.25) is 5.91 Å². The number of likely N-dealkylation sites (N-methyl/N-ethyl adjacent to an activating group) is 1. The third-order valence-electron chi connectivity index (χ3n) is 4.98. The molecule has 1 heterocycles. The van der Waals surface area contributed by atoms with E-state index < -0.39 is 9.84 Å². The van der Waals surface area contributed by atoms with E-state index in [0.717, 1.165) is 15.8 Å². The van der Waals surface area contributed by atoms with Gasteiger partial charge in [-0.25, -0.2) is 13.4 Å². The van der Waals surface area contributed by atoms with Crippen molar-refractivity contribution in [2.75, 3.05) is 37.8 Å². The van der Waals surface area contributed by atoms with Gasteiger partial charge in [-0.05, 0) is 63.3 Å². The van der Waals surface area contributed by atoms with Crippen molar-refractivity contribution in [2.24, 2.45) is 0 Å². The number of thiazole rings is 1. The molecule has 6 nitrogen and oxygen atoms in total. The zero-order chi connectivity index (χ0) is 21.9. The van der Waals surface area contributed by atoms with Gasteiger partial charge in [0.05, 0.1) is 20.9 Å². The van der Waals surface area contributed by atoms with Gasteiger partial charge in [-0.1, -0.05) is 29.5 Å². The van der Waals surface area contributed by atoms with Crippen LogP contribution in [0.4, 0.5) is 5.13 Å². The minimum atomic E-state index is -3.51. The van der Waals surface area contributed by atoms with E-state index in [2.05, 4.69) is 18.0 Å². The second-order valence-corrected chi connectivity index (χ2v) is 10.7. The highest BCUT2D eigenvalue weighted by Gasteiger charge is 2.23. The van der Waals surface area contributed by atoms with Gasteiger partial charge in [-0.15, -0.1) is 0 Å². The maximum absolute atomic E-state index is 13.1. The van der Waals surface area contributed by atoms with Crippen molar-refractivity contribution in [1.82, 2.24) is 9.88 Å². The normalized spacial score (nSPS) is 11.9. The predicted molar refractivity (Wildman–Crippen MR) is 123 cm³/mol. The summed E-state index contributed by atoms with van der Waals surface area (Å²) in [4.78, 5) is 21.6. The maximum atomic E-state index is 13.1. The molecule has 0 N–H and O–H groups in total. The summed E-state index contributed by atoms with van der Waals surface area (Å²) >= 11 is 1.46. The average molecular weight is 446 g/mol. The molecule has 0 atom stereocenters. The van der Waals surface area contributed by atoms with Crippen molar-refractivity contribution < 1.29 is 13.2 Å². The van der Waals surface area contributed by atoms with Crippen LogP contribution in [0.15, 0.2) is 47.4 Å². The van der Waals surface area contributed by atoms with Crippen LogP contribution in [0.3, 0.4) is 0 Å². The second kappa shape index (κ2) is 9.24. The summed E-state index contributed by atoms with van der Waals surface area (Å²) in [5, 5.41) is 0.610. The third kappa shape index (κ3) is 5.24. The first-order valence-electron chi connectivity index (χ1n) is 9.78. The Morgan fingerprint density at radius 3 is 2.37 bits per heavy atom. The molecule has 1 amide bonds. The van der Waals surface area contributed by atoms with Crippen molar-refractivity contribution in [3.05, 3.63) is 53.6 Å². The summed E-state index contributed by atoms with van der Waals surface area (Å²) < 4.78 is 26.2. The number of anilines is 1. The minimum Gasteiger partial charge on any atom is -0.308 e. The van der Waals surface area contributed by atoms with Gasteiger partial charge in [0.25, 0.3) is 0 Å². The van der Waals surface area contributed by atoms with Gasteiger partial charge >= 0.3 is 0 Å². The fraction of sp³-hybridized carbons (Fsp3) is 0.364. The number of carbonyl (C=O) groups excluding carboxylic acids is 1. The summed E-state index contributed by atoms with van der Waals surface area (Å²) in [6.07, 6.45) is -0.0847. The maximum Gasteiger partial charge on any atom is 0.229 e. The Kier molecular flexibility index (Phi) is 6.90. The number of amides is 1. The summed E-state index contributed by atoms with van der Waals surface area (Å²) in [5.41, 5.74) is 3.19. The van der Waals surface area contributed by atoms with Crippen molar-refractivity contribution >= 4 is 42.4 Å². The van der Waals surface area contributed by atoms with Crippen LogP contribution < -0.4 is 4.90 Å². The van der Waals surface area contributed by atoms with Gasteiger partial charge in [0.15, 0.2) is 15.0 Å². The lowest BCUT2D eigenvalue weighted by atomic mass is 10.1. The molecule has 0 unspecified atom stereocenters. The fourth-order valence-electron chi connectivity index (χ4n) is 3.01. The molecule has 0 bridgehead atoms. The molecule has 0 aliphatic carbocycles. The minimum absolute atomic E-state index is 0.0847. The molecule has 0 saturated carbocycles. The Morgan fingerprint density at radius 2 is 1.70 bits per heavy atom. The average Bonchev–Trinajstić information content (AvgIpc) is 3.09. The molecule has 8 heteroatoms. The van der Waals surface area contributed by atoms with Crippen LogP contribution in [0.1, 0.15) is 17.5 Å². The Morgan fingerprint density at radius 1 is 1.03 bits per heavy atom. The van der Waals surface area contributed by atoms with Crippen LogP contribution in [-0.2, 0) is 14.6 Å². The van der Waals surface area contributed by atoms with Crippen LogP contribution >= 0.6 is 11.3 Å². The van der Waals surface area contributed by atoms with Gasteiger partial charge in [0, 0.05) is 19.5 Å². The third-order valence-corrected chi connectivity index (χ3v) is 7.76. The van der Waals surface area contributed by atoms with E-state index in [0.29, 0.717) is 18.2 Å². The van der Waals surface area contributed by atoms with E-state index in [9.17, 15) is 13.2 Å². The van der Waals surface area contributed by atoms with E-state index in [-0.39, 0.29) is 23.0 Å². The summed E-state index contributed by atoms with van der Waals surface area (Å²) in [6, 6.07) is 12.4. The summed E-state index contributed by atoms with van der Waals surface area (Å²) in [7, 11) is 0.363. The molecule has 2 aromatic carbocycles. The van der Waals surface area contributed by atoms with Crippen LogP contribution in [0.2, 0.25) is 0 Å². The molecule has 1 aromatic heterocycles. The number of aromatic nitrogens is 1. The van der Waals surface area contributed by atoms with Crippen LogP contribution in [0, 0.1) is 13.8 Å². The number of hydrogen-bond donors (Lipinski definition) is 0. The van der Waals surface area contributed by atoms with E-state index >= 15 is 0 Å². The van der Waals surface area contributed by atoms with E-state index in [1.807, 2.05) is 32.0 Å². The van der Waals surface area contributed by atoms with Gasteiger partial charge in [-0.3, -0.25) is 9.69 Å². The van der Waals surface area contributed by atoms with Gasteiger partial charge in [0.1, 0.15) is 0 Å². The first-order chi connectivity index (χ1) is 14.2. The summed E-state index contributed by atoms with van der Waals surface area (Å²) in [5.74, 6) is -0.457. The number of benzene rings is 2. The largest absolute Gasteiger partial charge is 0.308 e. The van der Waals surface area contributed by atoms with E-state index in [1.165, 1.54) is 16.9 Å². The Labute approximate surface area is 182 Å². The monoisotopic (exact) mass is 445 g/mol. The Hall–Kier alpha value is -2.29. The highest BCUT2D eigenvalue weighted by molar-refractivity contribution is 7.91. The lowest BCUT2D eigenvalue weighted by molar-refractivity contribution is -0.118. The molecule has 3 aromatic rings. The predicted octanol–water partition coefficient (Wildman–Crippen LogP) is 3.67. The van der Waals surface area contributed by atoms with Crippen molar-refractivity contribution in [1.29, 1.82) is 0 Å². The Bertz CT molecular complexity index is 1100. The number of aryl methyl sites for hydroxylation is 2. The SMILES string of the molecule is Cc1cc2nc(N(CCN(C)C)C(=O)CCS(=O)(=O)c3ccccc3)sc2cc1C. The molecular formula is C22H27N3O3S2. The molecule has 0 fully saturated rings. The highest BCUT2D eigenvalue weighted by Crippen LogP contribution is 2.31. The zero-order valence-electron chi connectivity index (χ0n) is 17.8. The highest BCUT2D eigenvalue weighted by atomic mass is 32.2. The first-order valence-corrected chi connectivity index (χ1v) is 12.2. The number of hydrogen-bond acceptors (Lipinski definition) is 6. The molecule has 0 radical (unpaired) electrons. The smallest absolute Gasteiger partial charge is 0.229 e. The quantitative estimate of drug-likeness (QED) is 0.529. The topological polar surface area (TPSA) is 70.6 Å². The van der Waals surface area contributed by atoms with Crippen LogP contribution in [0.25, 0.3) is 10.2 Å². The lowest BCUT2D eigenvalue weighted by Gasteiger charge is -2.22. The number of sulfone groups is 1. The molecule has 0 aliphatic heterocycles. The Balaban J connectivity index is 1.83. The van der Waals surface area contributed by atoms with E-state index in [1.54, 1.807) is 35.2 Å². The standard InChI is InChI=1S/C22H27N3O3S2/c1-16-14-19-20(15-17(16)2)29-22(23-19)25(12-11-24(3)4)21(26)10-13-30(27,28)18-8-6-5-7-9-18/h5-9,14-15H,10-13H2,1-4H3. The van der Waals surface area contributed by atoms with Crippen molar-refractivity contribution in [2.45, 2.75) is 25.2 Å². The van der Waals surface area contributed by atoms with Crippen molar-refractivity contribution in [3.63, 3.8) is 0 Å². The second-order valence-electron chi connectivity index (χ2n) is 7.63. The molecule has 30 heavy (non-hydrogen) atoms. The van der Waals surface area contributed by atoms with Crippen LogP contribution in [-0.4, -0.2) is 57.1 Å². The van der Waals surface area contributed by atoms with Crippen LogP contribution in [0.5, 0.6) is 0 Å². The summed E-state index contributed by atoms with van der Waals surface area (Å²) in [6.45, 7) is 5.20. The molecule has 0 saturated heterocycles. The molecule has 3 rings (SSSR count). The van der Waals surface area contributed by atoms with Gasteiger partial charge < -0.3 is 4.90 Å². The molecule has 0 aliphatic rings. The van der Waals surface area contributed by atoms with Gasteiger partial charge in [-0.2, -0.15) is 0 Å². The fourth-order valence-corrected chi connectivity index (χ4v) is 5.35. The lowest BCUT2D eigenvalue weighted by Crippen LogP contribution is -2.37. The number of carbonyl (C=O) groups is 1. The molecular weight excluding hydrogens is 418 g/mol. The number of nitrogens with zero attached hydrogens (tertiary/aromatic N) is 3. The van der Waals surface area contributed by atoms with Crippen molar-refractivity contribution in [3.8, 4) is 0 Å². The first kappa shape index (κ1) is 22.4. The molecule has 160 valence electrons. The van der Waals surface area contributed by atoms with E-state index in [4.69, 9.17) is 0 Å². The number of rotatable bonds is 8.